The minimum absolute atomic E-state index is 0.0826. The average Bonchev–Trinajstić information content (AvgIpc) is 2.89. The van der Waals surface area contributed by atoms with Gasteiger partial charge in [0.1, 0.15) is 0 Å². The number of halogens is 1. The lowest BCUT2D eigenvalue weighted by Gasteiger charge is -2.04. The minimum Gasteiger partial charge on any atom is -0.355 e. The van der Waals surface area contributed by atoms with Crippen LogP contribution in [-0.4, -0.2) is 18.2 Å². The van der Waals surface area contributed by atoms with Gasteiger partial charge in [0.2, 0.25) is 5.91 Å². The second-order valence-corrected chi connectivity index (χ2v) is 6.55. The number of hydrogen-bond donors (Lipinski definition) is 1. The number of carbonyl (C=O) groups is 1. The van der Waals surface area contributed by atoms with Crippen molar-refractivity contribution in [1.29, 1.82) is 0 Å². The summed E-state index contributed by atoms with van der Waals surface area (Å²) in [6.07, 6.45) is 0.475. The number of thiophene rings is 1. The Labute approximate surface area is 126 Å². The molecule has 0 aliphatic heterocycles. The molecule has 0 saturated carbocycles. The van der Waals surface area contributed by atoms with Gasteiger partial charge in [-0.3, -0.25) is 4.79 Å². The smallest absolute Gasteiger partial charge is 0.225 e. The van der Waals surface area contributed by atoms with Gasteiger partial charge in [0.05, 0.1) is 6.42 Å². The molecule has 0 unspecified atom stereocenters. The summed E-state index contributed by atoms with van der Waals surface area (Å²) >= 11 is 9.14. The van der Waals surface area contributed by atoms with E-state index in [1.165, 1.54) is 0 Å². The monoisotopic (exact) mass is 311 g/mol. The molecule has 0 aliphatic carbocycles. The van der Waals surface area contributed by atoms with Gasteiger partial charge in [-0.15, -0.1) is 23.1 Å². The quantitative estimate of drug-likeness (QED) is 0.648. The highest BCUT2D eigenvalue weighted by Gasteiger charge is 2.03. The van der Waals surface area contributed by atoms with Crippen molar-refractivity contribution in [2.24, 2.45) is 0 Å². The van der Waals surface area contributed by atoms with Crippen LogP contribution in [-0.2, 0) is 11.2 Å². The van der Waals surface area contributed by atoms with E-state index in [2.05, 4.69) is 5.32 Å². The SMILES string of the molecule is O=C(Cc1cccs1)NCCSc1ccc(Cl)cc1. The topological polar surface area (TPSA) is 29.1 Å². The molecule has 1 N–H and O–H groups in total. The Morgan fingerprint density at radius 2 is 2.05 bits per heavy atom. The van der Waals surface area contributed by atoms with E-state index in [4.69, 9.17) is 11.6 Å². The molecule has 0 aliphatic rings. The molecule has 0 atom stereocenters. The fourth-order valence-electron chi connectivity index (χ4n) is 1.52. The Morgan fingerprint density at radius 1 is 1.26 bits per heavy atom. The Hall–Kier alpha value is -0.970. The molecule has 0 saturated heterocycles. The molecule has 0 radical (unpaired) electrons. The molecule has 2 rings (SSSR count). The largest absolute Gasteiger partial charge is 0.355 e. The lowest BCUT2D eigenvalue weighted by atomic mass is 10.3. The maximum absolute atomic E-state index is 11.6. The van der Waals surface area contributed by atoms with E-state index in [0.717, 1.165) is 20.5 Å². The van der Waals surface area contributed by atoms with Crippen molar-refractivity contribution in [3.05, 3.63) is 51.7 Å². The highest BCUT2D eigenvalue weighted by Crippen LogP contribution is 2.19. The van der Waals surface area contributed by atoms with Crippen molar-refractivity contribution in [3.8, 4) is 0 Å². The van der Waals surface area contributed by atoms with Gasteiger partial charge in [-0.2, -0.15) is 0 Å². The molecule has 2 nitrogen and oxygen atoms in total. The third-order valence-corrected chi connectivity index (χ3v) is 4.56. The molecule has 0 fully saturated rings. The molecule has 1 aromatic carbocycles. The van der Waals surface area contributed by atoms with Gasteiger partial charge < -0.3 is 5.32 Å². The highest BCUT2D eigenvalue weighted by molar-refractivity contribution is 7.99. The number of thioether (sulfide) groups is 1. The van der Waals surface area contributed by atoms with E-state index >= 15 is 0 Å². The first kappa shape index (κ1) is 14.4. The van der Waals surface area contributed by atoms with Crippen LogP contribution in [0.2, 0.25) is 5.02 Å². The molecule has 19 heavy (non-hydrogen) atoms. The van der Waals surface area contributed by atoms with Crippen LogP contribution in [0.4, 0.5) is 0 Å². The van der Waals surface area contributed by atoms with E-state index in [0.29, 0.717) is 13.0 Å². The van der Waals surface area contributed by atoms with Crippen LogP contribution in [0, 0.1) is 0 Å². The highest BCUT2D eigenvalue weighted by atomic mass is 35.5. The summed E-state index contributed by atoms with van der Waals surface area (Å²) in [6, 6.07) is 11.7. The summed E-state index contributed by atoms with van der Waals surface area (Å²) in [5.41, 5.74) is 0. The summed E-state index contributed by atoms with van der Waals surface area (Å²) in [5, 5.41) is 5.65. The minimum atomic E-state index is 0.0826. The lowest BCUT2D eigenvalue weighted by molar-refractivity contribution is -0.120. The zero-order valence-electron chi connectivity index (χ0n) is 10.3. The maximum Gasteiger partial charge on any atom is 0.225 e. The third kappa shape index (κ3) is 5.27. The fourth-order valence-corrected chi connectivity index (χ4v) is 3.12. The Balaban J connectivity index is 1.64. The normalized spacial score (nSPS) is 10.4. The zero-order valence-corrected chi connectivity index (χ0v) is 12.7. The standard InChI is InChI=1S/C14H14ClNOS2/c15-11-3-5-12(6-4-11)19-9-7-16-14(17)10-13-2-1-8-18-13/h1-6,8H,7,9-10H2,(H,16,17). The van der Waals surface area contributed by atoms with Gasteiger partial charge in [-0.05, 0) is 35.7 Å². The van der Waals surface area contributed by atoms with Crippen molar-refractivity contribution in [3.63, 3.8) is 0 Å². The van der Waals surface area contributed by atoms with Gasteiger partial charge in [-0.1, -0.05) is 17.7 Å². The molecule has 0 bridgehead atoms. The summed E-state index contributed by atoms with van der Waals surface area (Å²) in [4.78, 5) is 13.9. The lowest BCUT2D eigenvalue weighted by Crippen LogP contribution is -2.26. The Kier molecular flexibility index (Phi) is 5.76. The van der Waals surface area contributed by atoms with Crippen molar-refractivity contribution in [1.82, 2.24) is 5.32 Å². The second-order valence-electron chi connectivity index (χ2n) is 3.91. The number of hydrogen-bond acceptors (Lipinski definition) is 3. The molecule has 1 heterocycles. The van der Waals surface area contributed by atoms with Crippen LogP contribution in [0.1, 0.15) is 4.88 Å². The van der Waals surface area contributed by atoms with E-state index in [-0.39, 0.29) is 5.91 Å². The summed E-state index contributed by atoms with van der Waals surface area (Å²) in [6.45, 7) is 0.678. The molecule has 0 spiro atoms. The van der Waals surface area contributed by atoms with Crippen LogP contribution in [0.15, 0.2) is 46.7 Å². The van der Waals surface area contributed by atoms with Crippen LogP contribution < -0.4 is 5.32 Å². The van der Waals surface area contributed by atoms with E-state index in [9.17, 15) is 4.79 Å². The molecule has 1 aromatic heterocycles. The molecular weight excluding hydrogens is 298 g/mol. The Morgan fingerprint density at radius 3 is 2.74 bits per heavy atom. The fraction of sp³-hybridized carbons (Fsp3) is 0.214. The summed E-state index contributed by atoms with van der Waals surface area (Å²) in [5.74, 6) is 0.941. The van der Waals surface area contributed by atoms with Crippen molar-refractivity contribution in [2.75, 3.05) is 12.3 Å². The van der Waals surface area contributed by atoms with Crippen LogP contribution >= 0.6 is 34.7 Å². The number of rotatable bonds is 6. The number of nitrogens with one attached hydrogen (secondary N) is 1. The first-order valence-corrected chi connectivity index (χ1v) is 8.16. The van der Waals surface area contributed by atoms with Crippen LogP contribution in [0.3, 0.4) is 0 Å². The van der Waals surface area contributed by atoms with Gasteiger partial charge >= 0.3 is 0 Å². The predicted octanol–water partition coefficient (Wildman–Crippen LogP) is 3.85. The maximum atomic E-state index is 11.6. The number of benzene rings is 1. The van der Waals surface area contributed by atoms with Gasteiger partial charge in [-0.25, -0.2) is 0 Å². The molecule has 1 amide bonds. The van der Waals surface area contributed by atoms with Crippen LogP contribution in [0.25, 0.3) is 0 Å². The van der Waals surface area contributed by atoms with Gasteiger partial charge in [0, 0.05) is 27.1 Å². The first-order chi connectivity index (χ1) is 9.24. The van der Waals surface area contributed by atoms with E-state index in [1.54, 1.807) is 23.1 Å². The summed E-state index contributed by atoms with van der Waals surface area (Å²) in [7, 11) is 0. The van der Waals surface area contributed by atoms with E-state index < -0.39 is 0 Å². The molecule has 100 valence electrons. The van der Waals surface area contributed by atoms with Crippen molar-refractivity contribution >= 4 is 40.6 Å². The van der Waals surface area contributed by atoms with Crippen LogP contribution in [0.5, 0.6) is 0 Å². The van der Waals surface area contributed by atoms with Gasteiger partial charge in [0.25, 0.3) is 0 Å². The summed E-state index contributed by atoms with van der Waals surface area (Å²) < 4.78 is 0. The first-order valence-electron chi connectivity index (χ1n) is 5.91. The molecular formula is C14H14ClNOS2. The second kappa shape index (κ2) is 7.58. The van der Waals surface area contributed by atoms with Gasteiger partial charge in [0.15, 0.2) is 0 Å². The zero-order chi connectivity index (χ0) is 13.5. The third-order valence-electron chi connectivity index (χ3n) is 2.42. The molecule has 2 aromatic rings. The number of amides is 1. The number of carbonyl (C=O) groups excluding carboxylic acids is 1. The van der Waals surface area contributed by atoms with Crippen molar-refractivity contribution in [2.45, 2.75) is 11.3 Å². The predicted molar refractivity (Wildman–Crippen MR) is 83.2 cm³/mol. The van der Waals surface area contributed by atoms with E-state index in [1.807, 2.05) is 41.8 Å². The Bertz CT molecular complexity index is 511. The van der Waals surface area contributed by atoms with Crippen molar-refractivity contribution < 1.29 is 4.79 Å². The average molecular weight is 312 g/mol. The molecule has 5 heteroatoms.